The number of rotatable bonds is 5. The number of carbonyl (C=O) groups is 1. The molecule has 1 aromatic rings. The lowest BCUT2D eigenvalue weighted by Gasteiger charge is -2.04. The Morgan fingerprint density at radius 2 is 2.27 bits per heavy atom. The number of aliphatic carboxylic acids is 1. The monoisotopic (exact) mass is 212 g/mol. The molecule has 0 aliphatic rings. The maximum atomic E-state index is 13.3. The summed E-state index contributed by atoms with van der Waals surface area (Å²) in [5.74, 6) is -1.23. The van der Waals surface area contributed by atoms with Gasteiger partial charge in [-0.3, -0.25) is 4.79 Å². The van der Waals surface area contributed by atoms with E-state index in [1.807, 2.05) is 0 Å². The largest absolute Gasteiger partial charge is 0.481 e. The molecule has 1 rings (SSSR count). The molecule has 1 N–H and O–H groups in total. The maximum absolute atomic E-state index is 13.3. The number of hydrogen-bond acceptors (Lipinski definition) is 2. The van der Waals surface area contributed by atoms with Crippen molar-refractivity contribution < 1.29 is 19.0 Å². The molecule has 0 aliphatic heterocycles. The molecule has 0 radical (unpaired) electrons. The highest BCUT2D eigenvalue weighted by atomic mass is 19.1. The van der Waals surface area contributed by atoms with Crippen molar-refractivity contribution in [1.82, 2.24) is 0 Å². The van der Waals surface area contributed by atoms with Crippen LogP contribution in [0.5, 0.6) is 0 Å². The third-order valence-corrected chi connectivity index (χ3v) is 2.04. The molecule has 4 heteroatoms. The number of ether oxygens (including phenoxy) is 1. The van der Waals surface area contributed by atoms with Gasteiger partial charge in [0.05, 0.1) is 6.61 Å². The molecule has 0 unspecified atom stereocenters. The minimum absolute atomic E-state index is 0.0169. The third kappa shape index (κ3) is 3.67. The van der Waals surface area contributed by atoms with E-state index in [4.69, 9.17) is 9.84 Å². The molecule has 1 aromatic carbocycles. The zero-order valence-corrected chi connectivity index (χ0v) is 8.50. The Bertz CT molecular complexity index is 350. The minimum Gasteiger partial charge on any atom is -0.481 e. The molecule has 0 saturated heterocycles. The average molecular weight is 212 g/mol. The molecule has 0 aliphatic carbocycles. The lowest BCUT2D eigenvalue weighted by molar-refractivity contribution is -0.136. The number of benzene rings is 1. The summed E-state index contributed by atoms with van der Waals surface area (Å²) >= 11 is 0. The quantitative estimate of drug-likeness (QED) is 0.811. The molecule has 0 saturated carbocycles. The van der Waals surface area contributed by atoms with Gasteiger partial charge in [-0.25, -0.2) is 4.39 Å². The van der Waals surface area contributed by atoms with Crippen LogP contribution in [0.15, 0.2) is 18.2 Å². The Hall–Kier alpha value is -1.42. The number of carboxylic acids is 1. The van der Waals surface area contributed by atoms with Crippen LogP contribution in [0.3, 0.4) is 0 Å². The van der Waals surface area contributed by atoms with Crippen LogP contribution in [-0.2, 0) is 22.6 Å². The number of hydrogen-bond donors (Lipinski definition) is 1. The van der Waals surface area contributed by atoms with Gasteiger partial charge >= 0.3 is 5.97 Å². The standard InChI is InChI=1S/C11H13FO3/c1-15-7-9-4-2-8(6-10(9)12)3-5-11(13)14/h2,4,6H,3,5,7H2,1H3,(H,13,14). The van der Waals surface area contributed by atoms with E-state index in [2.05, 4.69) is 0 Å². The van der Waals surface area contributed by atoms with E-state index in [0.717, 1.165) is 0 Å². The van der Waals surface area contributed by atoms with Gasteiger partial charge in [0.15, 0.2) is 0 Å². The lowest BCUT2D eigenvalue weighted by atomic mass is 10.1. The predicted octanol–water partition coefficient (Wildman–Crippen LogP) is 1.99. The van der Waals surface area contributed by atoms with Crippen LogP contribution in [0.1, 0.15) is 17.5 Å². The highest BCUT2D eigenvalue weighted by Gasteiger charge is 2.04. The molecule has 0 heterocycles. The van der Waals surface area contributed by atoms with Gasteiger partial charge in [0.1, 0.15) is 5.82 Å². The van der Waals surface area contributed by atoms with Crippen molar-refractivity contribution in [3.8, 4) is 0 Å². The van der Waals surface area contributed by atoms with Gasteiger partial charge in [0.2, 0.25) is 0 Å². The number of aryl methyl sites for hydroxylation is 1. The zero-order valence-electron chi connectivity index (χ0n) is 8.50. The molecular formula is C11H13FO3. The van der Waals surface area contributed by atoms with E-state index >= 15 is 0 Å². The highest BCUT2D eigenvalue weighted by Crippen LogP contribution is 2.12. The van der Waals surface area contributed by atoms with Crippen LogP contribution in [0, 0.1) is 5.82 Å². The molecule has 15 heavy (non-hydrogen) atoms. The van der Waals surface area contributed by atoms with E-state index < -0.39 is 5.97 Å². The molecule has 0 spiro atoms. The zero-order chi connectivity index (χ0) is 11.3. The lowest BCUT2D eigenvalue weighted by Crippen LogP contribution is -1.99. The van der Waals surface area contributed by atoms with Gasteiger partial charge in [-0.05, 0) is 18.1 Å². The molecule has 0 aromatic heterocycles. The fraction of sp³-hybridized carbons (Fsp3) is 0.364. The van der Waals surface area contributed by atoms with Gasteiger partial charge in [0, 0.05) is 19.1 Å². The second-order valence-electron chi connectivity index (χ2n) is 3.25. The second-order valence-corrected chi connectivity index (χ2v) is 3.25. The average Bonchev–Trinajstić information content (AvgIpc) is 2.19. The van der Waals surface area contributed by atoms with E-state index in [9.17, 15) is 9.18 Å². The SMILES string of the molecule is COCc1ccc(CCC(=O)O)cc1F. The first kappa shape index (κ1) is 11.7. The van der Waals surface area contributed by atoms with Gasteiger partial charge in [-0.1, -0.05) is 12.1 Å². The minimum atomic E-state index is -0.878. The smallest absolute Gasteiger partial charge is 0.303 e. The van der Waals surface area contributed by atoms with Crippen LogP contribution in [0.2, 0.25) is 0 Å². The molecule has 0 amide bonds. The highest BCUT2D eigenvalue weighted by molar-refractivity contribution is 5.67. The summed E-state index contributed by atoms with van der Waals surface area (Å²) in [6.45, 7) is 0.227. The fourth-order valence-electron chi connectivity index (χ4n) is 1.27. The van der Waals surface area contributed by atoms with Crippen molar-refractivity contribution in [2.24, 2.45) is 0 Å². The van der Waals surface area contributed by atoms with E-state index in [1.165, 1.54) is 13.2 Å². The summed E-state index contributed by atoms with van der Waals surface area (Å²) in [4.78, 5) is 10.3. The van der Waals surface area contributed by atoms with E-state index in [0.29, 0.717) is 17.5 Å². The van der Waals surface area contributed by atoms with Gasteiger partial charge in [0.25, 0.3) is 0 Å². The summed E-state index contributed by atoms with van der Waals surface area (Å²) in [5, 5.41) is 8.47. The van der Waals surface area contributed by atoms with Crippen LogP contribution in [-0.4, -0.2) is 18.2 Å². The summed E-state index contributed by atoms with van der Waals surface area (Å²) < 4.78 is 18.1. The van der Waals surface area contributed by atoms with Crippen molar-refractivity contribution in [3.63, 3.8) is 0 Å². The first-order valence-corrected chi connectivity index (χ1v) is 4.61. The first-order chi connectivity index (χ1) is 7.13. The maximum Gasteiger partial charge on any atom is 0.303 e. The van der Waals surface area contributed by atoms with Crippen molar-refractivity contribution in [3.05, 3.63) is 35.1 Å². The number of methoxy groups -OCH3 is 1. The summed E-state index contributed by atoms with van der Waals surface area (Å²) in [6, 6.07) is 4.70. The van der Waals surface area contributed by atoms with Crippen molar-refractivity contribution in [2.45, 2.75) is 19.4 Å². The molecule has 0 bridgehead atoms. The van der Waals surface area contributed by atoms with Crippen molar-refractivity contribution >= 4 is 5.97 Å². The Balaban J connectivity index is 2.68. The first-order valence-electron chi connectivity index (χ1n) is 4.61. The second kappa shape index (κ2) is 5.46. The molecule has 0 atom stereocenters. The van der Waals surface area contributed by atoms with Gasteiger partial charge in [-0.2, -0.15) is 0 Å². The molecule has 82 valence electrons. The molecule has 3 nitrogen and oxygen atoms in total. The molecule has 0 fully saturated rings. The summed E-state index contributed by atoms with van der Waals surface area (Å²) in [7, 11) is 1.50. The Morgan fingerprint density at radius 3 is 2.80 bits per heavy atom. The van der Waals surface area contributed by atoms with Crippen molar-refractivity contribution in [2.75, 3.05) is 7.11 Å². The number of halogens is 1. The topological polar surface area (TPSA) is 46.5 Å². The van der Waals surface area contributed by atoms with Crippen LogP contribution >= 0.6 is 0 Å². The number of carboxylic acid groups (broad SMARTS) is 1. The van der Waals surface area contributed by atoms with Crippen molar-refractivity contribution in [1.29, 1.82) is 0 Å². The van der Waals surface area contributed by atoms with Crippen LogP contribution in [0.4, 0.5) is 4.39 Å². The fourth-order valence-corrected chi connectivity index (χ4v) is 1.27. The predicted molar refractivity (Wildman–Crippen MR) is 53.1 cm³/mol. The Morgan fingerprint density at radius 1 is 1.53 bits per heavy atom. The third-order valence-electron chi connectivity index (χ3n) is 2.04. The van der Waals surface area contributed by atoms with E-state index in [1.54, 1.807) is 12.1 Å². The Kier molecular flexibility index (Phi) is 4.24. The van der Waals surface area contributed by atoms with Gasteiger partial charge in [-0.15, -0.1) is 0 Å². The van der Waals surface area contributed by atoms with E-state index in [-0.39, 0.29) is 18.8 Å². The summed E-state index contributed by atoms with van der Waals surface area (Å²) in [6.07, 6.45) is 0.364. The van der Waals surface area contributed by atoms with Crippen LogP contribution in [0.25, 0.3) is 0 Å². The summed E-state index contributed by atoms with van der Waals surface area (Å²) in [5.41, 5.74) is 1.17. The molecular weight excluding hydrogens is 199 g/mol. The normalized spacial score (nSPS) is 10.3. The van der Waals surface area contributed by atoms with Gasteiger partial charge < -0.3 is 9.84 Å². The van der Waals surface area contributed by atoms with Crippen LogP contribution < -0.4 is 0 Å². The Labute approximate surface area is 87.5 Å².